The molecule has 140 valence electrons. The first kappa shape index (κ1) is 19.0. The lowest BCUT2D eigenvalue weighted by Gasteiger charge is -2.18. The highest BCUT2D eigenvalue weighted by Crippen LogP contribution is 2.41. The smallest absolute Gasteiger partial charge is 0.165 e. The minimum absolute atomic E-state index is 0.0265. The third-order valence-electron chi connectivity index (χ3n) is 4.09. The molecular weight excluding hydrogens is 375 g/mol. The van der Waals surface area contributed by atoms with Gasteiger partial charge in [0.25, 0.3) is 0 Å². The highest BCUT2D eigenvalue weighted by molar-refractivity contribution is 6.43. The molecule has 0 saturated heterocycles. The van der Waals surface area contributed by atoms with Gasteiger partial charge in [0, 0.05) is 24.1 Å². The predicted octanol–water partition coefficient (Wildman–Crippen LogP) is 5.65. The number of rotatable bonds is 7. The molecule has 0 amide bonds. The molecular formula is C20H22Cl2O4. The van der Waals surface area contributed by atoms with Crippen molar-refractivity contribution in [1.29, 1.82) is 0 Å². The normalized spacial score (nSPS) is 14.6. The van der Waals surface area contributed by atoms with Crippen LogP contribution in [0.3, 0.4) is 0 Å². The summed E-state index contributed by atoms with van der Waals surface area (Å²) in [5, 5.41) is 10.1. The third kappa shape index (κ3) is 4.49. The number of ether oxygens (including phenoxy) is 3. The first-order chi connectivity index (χ1) is 12.4. The van der Waals surface area contributed by atoms with E-state index in [0.717, 1.165) is 30.8 Å². The molecule has 2 aromatic carbocycles. The van der Waals surface area contributed by atoms with E-state index in [1.807, 2.05) is 12.1 Å². The van der Waals surface area contributed by atoms with Gasteiger partial charge in [0.05, 0.1) is 18.2 Å². The molecule has 1 N–H and O–H groups in total. The van der Waals surface area contributed by atoms with Crippen LogP contribution in [-0.4, -0.2) is 23.9 Å². The van der Waals surface area contributed by atoms with Gasteiger partial charge in [-0.05, 0) is 32.8 Å². The van der Waals surface area contributed by atoms with E-state index in [2.05, 4.69) is 19.9 Å². The molecule has 0 radical (unpaired) electrons. The van der Waals surface area contributed by atoms with Crippen LogP contribution >= 0.6 is 23.2 Å². The second-order valence-corrected chi connectivity index (χ2v) is 7.71. The Kier molecular flexibility index (Phi) is 5.73. The van der Waals surface area contributed by atoms with Gasteiger partial charge in [-0.2, -0.15) is 0 Å². The van der Waals surface area contributed by atoms with Gasteiger partial charge in [-0.15, -0.1) is 0 Å². The molecule has 0 aliphatic carbocycles. The summed E-state index contributed by atoms with van der Waals surface area (Å²) in [6.07, 6.45) is 2.49. The fourth-order valence-corrected chi connectivity index (χ4v) is 3.29. The summed E-state index contributed by atoms with van der Waals surface area (Å²) in [5.74, 6) is 2.06. The van der Waals surface area contributed by atoms with Crippen molar-refractivity contribution in [3.05, 3.63) is 45.9 Å². The maximum Gasteiger partial charge on any atom is 0.165 e. The monoisotopic (exact) mass is 396 g/mol. The molecule has 6 heteroatoms. The van der Waals surface area contributed by atoms with Crippen LogP contribution < -0.4 is 14.2 Å². The van der Waals surface area contributed by atoms with E-state index in [-0.39, 0.29) is 16.4 Å². The number of para-hydroxylation sites is 1. The molecule has 1 aliphatic rings. The fourth-order valence-electron chi connectivity index (χ4n) is 2.92. The average Bonchev–Trinajstić information content (AvgIpc) is 2.89. The van der Waals surface area contributed by atoms with Gasteiger partial charge in [0.1, 0.15) is 22.1 Å². The zero-order valence-electron chi connectivity index (χ0n) is 14.9. The number of benzene rings is 2. The maximum atomic E-state index is 9.54. The minimum Gasteiger partial charge on any atom is -0.508 e. The van der Waals surface area contributed by atoms with Gasteiger partial charge in [0.15, 0.2) is 11.5 Å². The lowest BCUT2D eigenvalue weighted by atomic mass is 10.0. The Labute approximate surface area is 163 Å². The Bertz CT molecular complexity index is 790. The highest BCUT2D eigenvalue weighted by atomic mass is 35.5. The first-order valence-electron chi connectivity index (χ1n) is 8.60. The Balaban J connectivity index is 1.44. The number of phenolic OH excluding ortho intramolecular Hbond substituents is 1. The quantitative estimate of drug-likeness (QED) is 0.614. The Hall–Kier alpha value is -1.78. The van der Waals surface area contributed by atoms with Crippen molar-refractivity contribution in [3.63, 3.8) is 0 Å². The summed E-state index contributed by atoms with van der Waals surface area (Å²) in [7, 11) is 0. The first-order valence-corrected chi connectivity index (χ1v) is 9.36. The second kappa shape index (κ2) is 7.85. The zero-order chi connectivity index (χ0) is 18.7. The summed E-state index contributed by atoms with van der Waals surface area (Å²) in [6.45, 7) is 5.18. The van der Waals surface area contributed by atoms with Crippen molar-refractivity contribution in [3.8, 4) is 23.0 Å². The number of hydrogen-bond acceptors (Lipinski definition) is 4. The van der Waals surface area contributed by atoms with Gasteiger partial charge in [0.2, 0.25) is 0 Å². The topological polar surface area (TPSA) is 47.9 Å². The molecule has 1 aliphatic heterocycles. The van der Waals surface area contributed by atoms with Crippen LogP contribution in [0.2, 0.25) is 10.0 Å². The Morgan fingerprint density at radius 3 is 2.50 bits per heavy atom. The molecule has 0 spiro atoms. The predicted molar refractivity (Wildman–Crippen MR) is 103 cm³/mol. The Morgan fingerprint density at radius 2 is 1.77 bits per heavy atom. The van der Waals surface area contributed by atoms with Crippen LogP contribution in [0.5, 0.6) is 23.0 Å². The summed E-state index contributed by atoms with van der Waals surface area (Å²) in [4.78, 5) is 0. The summed E-state index contributed by atoms with van der Waals surface area (Å²) >= 11 is 12.0. The summed E-state index contributed by atoms with van der Waals surface area (Å²) in [6, 6.07) is 8.85. The van der Waals surface area contributed by atoms with Crippen molar-refractivity contribution >= 4 is 23.2 Å². The molecule has 26 heavy (non-hydrogen) atoms. The SMILES string of the molecule is CC1(C)Cc2cccc(OCCCCOc3cc(O)cc(Cl)c3Cl)c2O1. The minimum atomic E-state index is -0.183. The number of unbranched alkanes of at least 4 members (excludes halogenated alkanes) is 1. The molecule has 0 atom stereocenters. The zero-order valence-corrected chi connectivity index (χ0v) is 16.4. The van der Waals surface area contributed by atoms with Crippen molar-refractivity contribution in [2.45, 2.75) is 38.7 Å². The van der Waals surface area contributed by atoms with Crippen molar-refractivity contribution in [1.82, 2.24) is 0 Å². The van der Waals surface area contributed by atoms with Crippen LogP contribution in [0.25, 0.3) is 0 Å². The number of hydrogen-bond donors (Lipinski definition) is 1. The van der Waals surface area contributed by atoms with Crippen LogP contribution in [0.15, 0.2) is 30.3 Å². The van der Waals surface area contributed by atoms with Crippen LogP contribution in [0.1, 0.15) is 32.3 Å². The summed E-state index contributed by atoms with van der Waals surface area (Å²) < 4.78 is 17.5. The van der Waals surface area contributed by atoms with E-state index < -0.39 is 0 Å². The molecule has 0 fully saturated rings. The maximum absolute atomic E-state index is 9.54. The average molecular weight is 397 g/mol. The van der Waals surface area contributed by atoms with Gasteiger partial charge in [-0.25, -0.2) is 0 Å². The van der Waals surface area contributed by atoms with Crippen molar-refractivity contribution < 1.29 is 19.3 Å². The standard InChI is InChI=1S/C20H22Cl2O4/c1-20(2)12-13-6-5-7-16(19(13)26-20)24-8-3-4-9-25-17-11-14(23)10-15(21)18(17)22/h5-7,10-11,23H,3-4,8-9,12H2,1-2H3. The van der Waals surface area contributed by atoms with Gasteiger partial charge >= 0.3 is 0 Å². The van der Waals surface area contributed by atoms with Crippen LogP contribution in [0.4, 0.5) is 0 Å². The van der Waals surface area contributed by atoms with Gasteiger partial charge in [-0.3, -0.25) is 0 Å². The number of halogens is 2. The molecule has 2 aromatic rings. The highest BCUT2D eigenvalue weighted by Gasteiger charge is 2.32. The lowest BCUT2D eigenvalue weighted by molar-refractivity contribution is 0.132. The molecule has 3 rings (SSSR count). The summed E-state index contributed by atoms with van der Waals surface area (Å²) in [5.41, 5.74) is 1.00. The van der Waals surface area contributed by atoms with E-state index in [4.69, 9.17) is 37.4 Å². The van der Waals surface area contributed by atoms with Crippen molar-refractivity contribution in [2.24, 2.45) is 0 Å². The van der Waals surface area contributed by atoms with E-state index in [1.54, 1.807) is 0 Å². The lowest BCUT2D eigenvalue weighted by Crippen LogP contribution is -2.24. The second-order valence-electron chi connectivity index (χ2n) is 6.93. The number of fused-ring (bicyclic) bond motifs is 1. The largest absolute Gasteiger partial charge is 0.508 e. The van der Waals surface area contributed by atoms with E-state index in [1.165, 1.54) is 17.7 Å². The number of aromatic hydroxyl groups is 1. The molecule has 4 nitrogen and oxygen atoms in total. The van der Waals surface area contributed by atoms with Gasteiger partial charge in [-0.1, -0.05) is 35.3 Å². The van der Waals surface area contributed by atoms with Crippen LogP contribution in [0, 0.1) is 0 Å². The molecule has 0 aromatic heterocycles. The van der Waals surface area contributed by atoms with E-state index in [9.17, 15) is 5.11 Å². The van der Waals surface area contributed by atoms with E-state index >= 15 is 0 Å². The van der Waals surface area contributed by atoms with Crippen LogP contribution in [-0.2, 0) is 6.42 Å². The van der Waals surface area contributed by atoms with Gasteiger partial charge < -0.3 is 19.3 Å². The van der Waals surface area contributed by atoms with Crippen molar-refractivity contribution in [2.75, 3.05) is 13.2 Å². The third-order valence-corrected chi connectivity index (χ3v) is 4.87. The Morgan fingerprint density at radius 1 is 1.08 bits per heavy atom. The molecule has 0 saturated carbocycles. The molecule has 1 heterocycles. The molecule has 0 bridgehead atoms. The fraction of sp³-hybridized carbons (Fsp3) is 0.400. The molecule has 0 unspecified atom stereocenters. The number of phenols is 1. The van der Waals surface area contributed by atoms with E-state index in [0.29, 0.717) is 24.0 Å².